The summed E-state index contributed by atoms with van der Waals surface area (Å²) in [6.45, 7) is -1.60. The Balaban J connectivity index is 1.65. The highest BCUT2D eigenvalue weighted by Crippen LogP contribution is 2.31. The second-order valence-electron chi connectivity index (χ2n) is 7.03. The number of alkyl halides is 3. The van der Waals surface area contributed by atoms with Crippen LogP contribution in [0.3, 0.4) is 0 Å². The third-order valence-corrected chi connectivity index (χ3v) is 6.19. The average Bonchev–Trinajstić information content (AvgIpc) is 3.18. The van der Waals surface area contributed by atoms with Crippen LogP contribution in [0.1, 0.15) is 5.56 Å². The van der Waals surface area contributed by atoms with E-state index >= 15 is 0 Å². The standard InChI is InChI=1S/C20H13ClF3N7O3S/c21-12-4-1-11(8-25)14(7-12)35(32,33)31-13-5-2-10(3-6-13)17-27-18-15(16(26)29-30-18)19(28-17)34-9-20(22,23)24/h1-7,31H,9H2,(H3,26,27,28,29,30). The lowest BCUT2D eigenvalue weighted by Gasteiger charge is -2.11. The maximum atomic E-state index is 12.8. The Morgan fingerprint density at radius 2 is 1.89 bits per heavy atom. The van der Waals surface area contributed by atoms with Gasteiger partial charge in [-0.2, -0.15) is 28.5 Å². The number of nitrogen functional groups attached to an aromatic ring is 1. The molecule has 0 amide bonds. The molecule has 0 fully saturated rings. The molecule has 180 valence electrons. The van der Waals surface area contributed by atoms with E-state index in [2.05, 4.69) is 24.9 Å². The fourth-order valence-electron chi connectivity index (χ4n) is 3.01. The minimum Gasteiger partial charge on any atom is -0.467 e. The number of nitrogens with one attached hydrogen (secondary N) is 2. The molecule has 0 spiro atoms. The minimum atomic E-state index is -4.61. The van der Waals surface area contributed by atoms with Crippen molar-refractivity contribution in [3.05, 3.63) is 53.1 Å². The summed E-state index contributed by atoms with van der Waals surface area (Å²) in [5, 5.41) is 15.6. The van der Waals surface area contributed by atoms with Crippen LogP contribution in [0.25, 0.3) is 22.4 Å². The quantitative estimate of drug-likeness (QED) is 0.343. The zero-order valence-electron chi connectivity index (χ0n) is 17.3. The maximum absolute atomic E-state index is 12.8. The van der Waals surface area contributed by atoms with Crippen LogP contribution in [-0.2, 0) is 10.0 Å². The molecule has 0 bridgehead atoms. The third-order valence-electron chi connectivity index (χ3n) is 4.53. The second kappa shape index (κ2) is 8.93. The maximum Gasteiger partial charge on any atom is 0.422 e. The number of fused-ring (bicyclic) bond motifs is 1. The molecule has 35 heavy (non-hydrogen) atoms. The van der Waals surface area contributed by atoms with E-state index in [-0.39, 0.29) is 43.8 Å². The number of aromatic amines is 1. The molecular formula is C20H13ClF3N7O3S. The summed E-state index contributed by atoms with van der Waals surface area (Å²) >= 11 is 5.87. The molecule has 4 aromatic rings. The molecule has 0 unspecified atom stereocenters. The number of H-pyrrole nitrogens is 1. The summed E-state index contributed by atoms with van der Waals surface area (Å²) in [5.41, 5.74) is 6.06. The van der Waals surface area contributed by atoms with Crippen molar-refractivity contribution in [3.63, 3.8) is 0 Å². The average molecular weight is 524 g/mol. The zero-order valence-corrected chi connectivity index (χ0v) is 18.8. The van der Waals surface area contributed by atoms with Crippen LogP contribution in [0, 0.1) is 11.3 Å². The molecule has 0 saturated heterocycles. The number of ether oxygens (including phenoxy) is 1. The molecule has 0 aliphatic carbocycles. The molecule has 2 aromatic heterocycles. The van der Waals surface area contributed by atoms with Crippen molar-refractivity contribution in [2.75, 3.05) is 17.1 Å². The number of hydrogen-bond acceptors (Lipinski definition) is 8. The molecule has 4 N–H and O–H groups in total. The van der Waals surface area contributed by atoms with Crippen molar-refractivity contribution in [2.24, 2.45) is 0 Å². The van der Waals surface area contributed by atoms with Crippen molar-refractivity contribution < 1.29 is 26.3 Å². The number of anilines is 2. The van der Waals surface area contributed by atoms with Crippen molar-refractivity contribution in [1.82, 2.24) is 20.2 Å². The van der Waals surface area contributed by atoms with Crippen molar-refractivity contribution in [1.29, 1.82) is 5.26 Å². The molecule has 4 rings (SSSR count). The summed E-state index contributed by atoms with van der Waals surface area (Å²) in [5.74, 6) is -0.508. The first-order chi connectivity index (χ1) is 16.5. The van der Waals surface area contributed by atoms with Gasteiger partial charge >= 0.3 is 6.18 Å². The largest absolute Gasteiger partial charge is 0.467 e. The monoisotopic (exact) mass is 523 g/mol. The van der Waals surface area contributed by atoms with Crippen LogP contribution < -0.4 is 15.2 Å². The van der Waals surface area contributed by atoms with Gasteiger partial charge in [0.05, 0.1) is 5.56 Å². The Bertz CT molecular complexity index is 1570. The molecule has 0 radical (unpaired) electrons. The predicted molar refractivity (Wildman–Crippen MR) is 120 cm³/mol. The molecule has 15 heteroatoms. The fourth-order valence-corrected chi connectivity index (χ4v) is 4.49. The molecule has 0 atom stereocenters. The Labute approximate surface area is 200 Å². The van der Waals surface area contributed by atoms with Gasteiger partial charge in [0.15, 0.2) is 18.1 Å². The van der Waals surface area contributed by atoms with Crippen LogP contribution in [0.2, 0.25) is 5.02 Å². The van der Waals surface area contributed by atoms with Gasteiger partial charge in [-0.1, -0.05) is 11.6 Å². The lowest BCUT2D eigenvalue weighted by molar-refractivity contribution is -0.153. The van der Waals surface area contributed by atoms with Gasteiger partial charge in [-0.05, 0) is 42.5 Å². The molecular weight excluding hydrogens is 511 g/mol. The first kappa shape index (κ1) is 24.0. The first-order valence-corrected chi connectivity index (χ1v) is 11.4. The number of hydrogen-bond donors (Lipinski definition) is 3. The van der Waals surface area contributed by atoms with Gasteiger partial charge in [0.2, 0.25) is 5.88 Å². The lowest BCUT2D eigenvalue weighted by Crippen LogP contribution is -2.20. The second-order valence-corrected chi connectivity index (χ2v) is 9.11. The summed E-state index contributed by atoms with van der Waals surface area (Å²) < 4.78 is 70.6. The van der Waals surface area contributed by atoms with Gasteiger partial charge in [0.1, 0.15) is 22.2 Å². The van der Waals surface area contributed by atoms with Crippen LogP contribution in [0.4, 0.5) is 24.7 Å². The van der Waals surface area contributed by atoms with Gasteiger partial charge in [-0.15, -0.1) is 0 Å². The van der Waals surface area contributed by atoms with Crippen molar-refractivity contribution >= 4 is 44.2 Å². The molecule has 0 saturated carbocycles. The number of sulfonamides is 1. The zero-order chi connectivity index (χ0) is 25.4. The van der Waals surface area contributed by atoms with Crippen LogP contribution in [-0.4, -0.2) is 41.4 Å². The van der Waals surface area contributed by atoms with Gasteiger partial charge in [-0.3, -0.25) is 9.82 Å². The molecule has 2 heterocycles. The van der Waals surface area contributed by atoms with Gasteiger partial charge in [0, 0.05) is 16.3 Å². The highest BCUT2D eigenvalue weighted by molar-refractivity contribution is 7.92. The van der Waals surface area contributed by atoms with E-state index in [9.17, 15) is 26.9 Å². The van der Waals surface area contributed by atoms with E-state index in [1.165, 1.54) is 36.4 Å². The summed E-state index contributed by atoms with van der Waals surface area (Å²) in [6, 6.07) is 11.3. The summed E-state index contributed by atoms with van der Waals surface area (Å²) in [6.07, 6.45) is -4.61. The van der Waals surface area contributed by atoms with Crippen LogP contribution in [0.5, 0.6) is 5.88 Å². The van der Waals surface area contributed by atoms with Crippen LogP contribution >= 0.6 is 11.6 Å². The molecule has 2 aromatic carbocycles. The summed E-state index contributed by atoms with van der Waals surface area (Å²) in [4.78, 5) is 7.90. The number of nitrogens with two attached hydrogens (primary N) is 1. The van der Waals surface area contributed by atoms with Gasteiger partial charge < -0.3 is 10.5 Å². The highest BCUT2D eigenvalue weighted by atomic mass is 35.5. The van der Waals surface area contributed by atoms with E-state index in [0.717, 1.165) is 6.07 Å². The Kier molecular flexibility index (Phi) is 6.14. The Hall–Kier alpha value is -4.09. The Morgan fingerprint density at radius 1 is 1.17 bits per heavy atom. The van der Waals surface area contributed by atoms with E-state index in [1.54, 1.807) is 6.07 Å². The number of nitrogens with zero attached hydrogens (tertiary/aromatic N) is 4. The normalized spacial score (nSPS) is 11.9. The number of aromatic nitrogens is 4. The summed E-state index contributed by atoms with van der Waals surface area (Å²) in [7, 11) is -4.15. The van der Waals surface area contributed by atoms with Crippen molar-refractivity contribution in [2.45, 2.75) is 11.1 Å². The number of halogens is 4. The van der Waals surface area contributed by atoms with Gasteiger partial charge in [-0.25, -0.2) is 13.4 Å². The van der Waals surface area contributed by atoms with Crippen LogP contribution in [0.15, 0.2) is 47.4 Å². The van der Waals surface area contributed by atoms with E-state index < -0.39 is 28.7 Å². The van der Waals surface area contributed by atoms with E-state index in [1.807, 2.05) is 0 Å². The molecule has 0 aliphatic rings. The SMILES string of the molecule is N#Cc1ccc(Cl)cc1S(=O)(=O)Nc1ccc(-c2nc(OCC(F)(F)F)c3c(N)[nH]nc3n2)cc1. The number of nitriles is 1. The molecule has 0 aliphatic heterocycles. The minimum absolute atomic E-state index is 0.00259. The predicted octanol–water partition coefficient (Wildman–Crippen LogP) is 3.87. The first-order valence-electron chi connectivity index (χ1n) is 9.51. The number of rotatable bonds is 6. The van der Waals surface area contributed by atoms with E-state index in [4.69, 9.17) is 22.1 Å². The topological polar surface area (TPSA) is 160 Å². The fraction of sp³-hybridized carbons (Fsp3) is 0.100. The third kappa shape index (κ3) is 5.20. The van der Waals surface area contributed by atoms with Crippen molar-refractivity contribution in [3.8, 4) is 23.3 Å². The highest BCUT2D eigenvalue weighted by Gasteiger charge is 2.30. The number of benzene rings is 2. The van der Waals surface area contributed by atoms with E-state index in [0.29, 0.717) is 5.56 Å². The smallest absolute Gasteiger partial charge is 0.422 e. The Morgan fingerprint density at radius 3 is 2.54 bits per heavy atom. The van der Waals surface area contributed by atoms with Gasteiger partial charge in [0.25, 0.3) is 10.0 Å². The molecule has 10 nitrogen and oxygen atoms in total. The lowest BCUT2D eigenvalue weighted by atomic mass is 10.2.